The molecule has 1 aliphatic rings. The number of β-amino-alcohol motifs (C(OH)–C–C–N with tert-alkyl or cyclic N) is 1. The summed E-state index contributed by atoms with van der Waals surface area (Å²) in [6.07, 6.45) is 1.64. The van der Waals surface area contributed by atoms with Crippen LogP contribution in [0.5, 0.6) is 0 Å². The average molecular weight is 288 g/mol. The van der Waals surface area contributed by atoms with Crippen LogP contribution in [-0.4, -0.2) is 33.5 Å². The maximum Gasteiger partial charge on any atom is 0.256 e. The first-order valence-electron chi connectivity index (χ1n) is 6.94. The van der Waals surface area contributed by atoms with Gasteiger partial charge in [0.1, 0.15) is 5.82 Å². The van der Waals surface area contributed by atoms with Crippen LogP contribution in [0.15, 0.2) is 36.5 Å². The van der Waals surface area contributed by atoms with E-state index in [9.17, 15) is 14.3 Å². The molecule has 2 N–H and O–H groups in total. The maximum absolute atomic E-state index is 13.0. The van der Waals surface area contributed by atoms with Crippen LogP contribution in [0.4, 0.5) is 4.39 Å². The van der Waals surface area contributed by atoms with Gasteiger partial charge in [-0.3, -0.25) is 4.79 Å². The zero-order valence-electron chi connectivity index (χ0n) is 11.7. The summed E-state index contributed by atoms with van der Waals surface area (Å²) < 4.78 is 13.0. The minimum absolute atomic E-state index is 0.111. The third-order valence-corrected chi connectivity index (χ3v) is 3.98. The molecule has 5 heteroatoms. The van der Waals surface area contributed by atoms with E-state index in [1.807, 2.05) is 6.92 Å². The molecule has 3 rings (SSSR count). The Balaban J connectivity index is 1.91. The zero-order chi connectivity index (χ0) is 15.0. The first kappa shape index (κ1) is 13.8. The summed E-state index contributed by atoms with van der Waals surface area (Å²) in [4.78, 5) is 17.3. The largest absolute Gasteiger partial charge is 0.391 e. The molecule has 0 saturated carbocycles. The zero-order valence-corrected chi connectivity index (χ0v) is 11.7. The number of likely N-dealkylation sites (tertiary alicyclic amines) is 1. The molecule has 2 atom stereocenters. The van der Waals surface area contributed by atoms with Crippen LogP contribution in [0.2, 0.25) is 0 Å². The van der Waals surface area contributed by atoms with E-state index in [1.165, 1.54) is 12.1 Å². The van der Waals surface area contributed by atoms with E-state index in [0.29, 0.717) is 18.5 Å². The predicted molar refractivity (Wildman–Crippen MR) is 76.3 cm³/mol. The number of carbonyl (C=O) groups excluding carboxylic acids is 1. The minimum Gasteiger partial charge on any atom is -0.391 e. The molecule has 1 aromatic heterocycles. The van der Waals surface area contributed by atoms with Gasteiger partial charge in [-0.1, -0.05) is 12.1 Å². The van der Waals surface area contributed by atoms with Gasteiger partial charge in [0.25, 0.3) is 5.91 Å². The van der Waals surface area contributed by atoms with Crippen LogP contribution in [0, 0.1) is 12.7 Å². The molecule has 1 amide bonds. The minimum atomic E-state index is -0.553. The Morgan fingerprint density at radius 1 is 1.33 bits per heavy atom. The predicted octanol–water partition coefficient (Wildman–Crippen LogP) is 2.41. The van der Waals surface area contributed by atoms with Crippen LogP contribution in [-0.2, 0) is 0 Å². The number of halogens is 1. The van der Waals surface area contributed by atoms with Crippen molar-refractivity contribution in [1.82, 2.24) is 9.88 Å². The molecule has 0 bridgehead atoms. The molecule has 110 valence electrons. The fourth-order valence-electron chi connectivity index (χ4n) is 2.88. The van der Waals surface area contributed by atoms with Gasteiger partial charge in [0.15, 0.2) is 0 Å². The highest BCUT2D eigenvalue weighted by atomic mass is 19.1. The lowest BCUT2D eigenvalue weighted by Crippen LogP contribution is -2.32. The van der Waals surface area contributed by atoms with E-state index in [2.05, 4.69) is 4.98 Å². The Morgan fingerprint density at radius 2 is 2.05 bits per heavy atom. The molecule has 0 spiro atoms. The molecule has 2 aromatic rings. The van der Waals surface area contributed by atoms with Gasteiger partial charge in [0.05, 0.1) is 17.7 Å². The number of nitrogens with zero attached hydrogens (tertiary/aromatic N) is 1. The molecule has 0 unspecified atom stereocenters. The molecule has 1 saturated heterocycles. The number of benzene rings is 1. The highest BCUT2D eigenvalue weighted by Gasteiger charge is 2.36. The summed E-state index contributed by atoms with van der Waals surface area (Å²) in [6.45, 7) is 2.14. The molecule has 0 aliphatic carbocycles. The third-order valence-electron chi connectivity index (χ3n) is 3.98. The van der Waals surface area contributed by atoms with E-state index in [1.54, 1.807) is 29.3 Å². The van der Waals surface area contributed by atoms with Crippen molar-refractivity contribution in [1.29, 1.82) is 0 Å². The summed E-state index contributed by atoms with van der Waals surface area (Å²) in [6, 6.07) is 7.62. The summed E-state index contributed by atoms with van der Waals surface area (Å²) >= 11 is 0. The number of aliphatic hydroxyl groups is 1. The van der Waals surface area contributed by atoms with Crippen molar-refractivity contribution >= 4 is 5.91 Å². The second kappa shape index (κ2) is 5.33. The van der Waals surface area contributed by atoms with Crippen molar-refractivity contribution in [3.05, 3.63) is 59.2 Å². The van der Waals surface area contributed by atoms with Crippen LogP contribution < -0.4 is 0 Å². The number of nitrogens with one attached hydrogen (secondary N) is 1. The quantitative estimate of drug-likeness (QED) is 0.891. The second-order valence-electron chi connectivity index (χ2n) is 5.43. The van der Waals surface area contributed by atoms with Gasteiger partial charge in [0.2, 0.25) is 0 Å². The Labute approximate surface area is 122 Å². The molecule has 21 heavy (non-hydrogen) atoms. The second-order valence-corrected chi connectivity index (χ2v) is 5.43. The fraction of sp³-hybridized carbons (Fsp3) is 0.312. The molecule has 1 fully saturated rings. The number of rotatable bonds is 2. The summed E-state index contributed by atoms with van der Waals surface area (Å²) in [7, 11) is 0. The van der Waals surface area contributed by atoms with Crippen LogP contribution >= 0.6 is 0 Å². The number of aliphatic hydroxyl groups excluding tert-OH is 1. The lowest BCUT2D eigenvalue weighted by atomic mass is 10.0. The van der Waals surface area contributed by atoms with E-state index < -0.39 is 6.10 Å². The Morgan fingerprint density at radius 3 is 2.67 bits per heavy atom. The fourth-order valence-corrected chi connectivity index (χ4v) is 2.88. The Bertz CT molecular complexity index is 651. The van der Waals surface area contributed by atoms with E-state index >= 15 is 0 Å². The lowest BCUT2D eigenvalue weighted by Gasteiger charge is -2.24. The highest BCUT2D eigenvalue weighted by Crippen LogP contribution is 2.33. The summed E-state index contributed by atoms with van der Waals surface area (Å²) in [5.74, 6) is -0.420. The number of hydrogen-bond acceptors (Lipinski definition) is 2. The van der Waals surface area contributed by atoms with Crippen LogP contribution in [0.3, 0.4) is 0 Å². The topological polar surface area (TPSA) is 56.3 Å². The molecular weight excluding hydrogens is 271 g/mol. The van der Waals surface area contributed by atoms with Gasteiger partial charge in [-0.15, -0.1) is 0 Å². The smallest absolute Gasteiger partial charge is 0.256 e. The number of aromatic nitrogens is 1. The van der Waals surface area contributed by atoms with Gasteiger partial charge < -0.3 is 15.0 Å². The van der Waals surface area contributed by atoms with Gasteiger partial charge >= 0.3 is 0 Å². The number of hydrogen-bond donors (Lipinski definition) is 2. The van der Waals surface area contributed by atoms with Crippen molar-refractivity contribution < 1.29 is 14.3 Å². The summed E-state index contributed by atoms with van der Waals surface area (Å²) in [5, 5.41) is 9.93. The third kappa shape index (κ3) is 2.56. The van der Waals surface area contributed by atoms with Gasteiger partial charge in [-0.05, 0) is 37.1 Å². The molecule has 2 heterocycles. The van der Waals surface area contributed by atoms with Crippen molar-refractivity contribution in [3.8, 4) is 0 Å². The standard InChI is InChI=1S/C16H17FN2O2/c1-10-14(6-7-18-10)16(21)19-9-13(20)8-15(19)11-2-4-12(17)5-3-11/h2-7,13,15,18,20H,8-9H2,1H3/t13-,15-/m0/s1. The van der Waals surface area contributed by atoms with E-state index in [4.69, 9.17) is 0 Å². The van der Waals surface area contributed by atoms with E-state index in [0.717, 1.165) is 11.3 Å². The van der Waals surface area contributed by atoms with Crippen molar-refractivity contribution in [2.24, 2.45) is 0 Å². The Kier molecular flexibility index (Phi) is 3.51. The molecular formula is C16H17FN2O2. The highest BCUT2D eigenvalue weighted by molar-refractivity contribution is 5.95. The van der Waals surface area contributed by atoms with Crippen LogP contribution in [0.1, 0.15) is 34.1 Å². The number of amides is 1. The molecule has 4 nitrogen and oxygen atoms in total. The van der Waals surface area contributed by atoms with Crippen molar-refractivity contribution in [2.45, 2.75) is 25.5 Å². The average Bonchev–Trinajstić information content (AvgIpc) is 3.05. The SMILES string of the molecule is Cc1[nH]ccc1C(=O)N1C[C@@H](O)C[C@H]1c1ccc(F)cc1. The number of carbonyl (C=O) groups is 1. The van der Waals surface area contributed by atoms with Crippen molar-refractivity contribution in [3.63, 3.8) is 0 Å². The summed E-state index contributed by atoms with van der Waals surface area (Å²) in [5.41, 5.74) is 2.25. The first-order chi connectivity index (χ1) is 10.1. The van der Waals surface area contributed by atoms with Gasteiger partial charge in [-0.2, -0.15) is 0 Å². The maximum atomic E-state index is 13.0. The first-order valence-corrected chi connectivity index (χ1v) is 6.94. The Hall–Kier alpha value is -2.14. The lowest BCUT2D eigenvalue weighted by molar-refractivity contribution is 0.0715. The molecule has 0 radical (unpaired) electrons. The van der Waals surface area contributed by atoms with Crippen molar-refractivity contribution in [2.75, 3.05) is 6.54 Å². The van der Waals surface area contributed by atoms with Crippen LogP contribution in [0.25, 0.3) is 0 Å². The van der Waals surface area contributed by atoms with E-state index in [-0.39, 0.29) is 17.8 Å². The number of aromatic amines is 1. The number of H-pyrrole nitrogens is 1. The van der Waals surface area contributed by atoms with Gasteiger partial charge in [-0.25, -0.2) is 4.39 Å². The monoisotopic (exact) mass is 288 g/mol. The molecule has 1 aliphatic heterocycles. The number of aryl methyl sites for hydroxylation is 1. The van der Waals surface area contributed by atoms with Gasteiger partial charge in [0, 0.05) is 18.4 Å². The normalized spacial score (nSPS) is 21.8. The molecule has 1 aromatic carbocycles.